The Bertz CT molecular complexity index is 573. The fraction of sp³-hybridized carbons (Fsp3) is 0.462. The minimum absolute atomic E-state index is 0.0857. The number of likely N-dealkylation sites (N-methyl/N-ethyl adjacent to an activating group) is 1. The van der Waals surface area contributed by atoms with Crippen LogP contribution in [0.15, 0.2) is 22.7 Å². The Morgan fingerprint density at radius 2 is 1.90 bits per heavy atom. The zero-order valence-electron chi connectivity index (χ0n) is 11.2. The Morgan fingerprint density at radius 3 is 2.50 bits per heavy atom. The molecule has 2 rings (SSSR count). The van der Waals surface area contributed by atoms with Gasteiger partial charge in [0.15, 0.2) is 0 Å². The summed E-state index contributed by atoms with van der Waals surface area (Å²) in [6.07, 6.45) is 0. The van der Waals surface area contributed by atoms with Crippen LogP contribution in [0.4, 0.5) is 0 Å². The molecule has 0 N–H and O–H groups in total. The van der Waals surface area contributed by atoms with Gasteiger partial charge in [0.1, 0.15) is 10.7 Å². The summed E-state index contributed by atoms with van der Waals surface area (Å²) < 4.78 is 22.7. The highest BCUT2D eigenvalue weighted by Gasteiger charge is 2.22. The van der Waals surface area contributed by atoms with E-state index in [1.165, 1.54) is 0 Å². The number of nitrogens with zero attached hydrogens (tertiary/aromatic N) is 2. The van der Waals surface area contributed by atoms with E-state index in [4.69, 9.17) is 0 Å². The van der Waals surface area contributed by atoms with Gasteiger partial charge in [-0.1, -0.05) is 15.9 Å². The number of carbonyl (C=O) groups is 1. The fourth-order valence-corrected chi connectivity index (χ4v) is 3.17. The summed E-state index contributed by atoms with van der Waals surface area (Å²) in [7, 11) is -0.532. The second kappa shape index (κ2) is 6.69. The van der Waals surface area contributed by atoms with Crippen molar-refractivity contribution < 1.29 is 13.2 Å². The van der Waals surface area contributed by atoms with Crippen LogP contribution < -0.4 is 0 Å². The molecule has 0 unspecified atom stereocenters. The molecule has 0 atom stereocenters. The summed E-state index contributed by atoms with van der Waals surface area (Å²) in [5, 5.41) is 0. The molecule has 0 aromatic heterocycles. The van der Waals surface area contributed by atoms with Crippen LogP contribution in [0.3, 0.4) is 0 Å². The third-order valence-electron chi connectivity index (χ3n) is 3.39. The van der Waals surface area contributed by atoms with E-state index < -0.39 is 10.7 Å². The third-order valence-corrected chi connectivity index (χ3v) is 4.48. The van der Waals surface area contributed by atoms with Crippen LogP contribution in [-0.4, -0.2) is 57.4 Å². The van der Waals surface area contributed by atoms with E-state index in [1.54, 1.807) is 23.1 Å². The van der Waals surface area contributed by atoms with Crippen molar-refractivity contribution in [3.8, 4) is 0 Å². The van der Waals surface area contributed by atoms with Crippen LogP contribution in [0.5, 0.6) is 0 Å². The molecule has 1 aliphatic rings. The van der Waals surface area contributed by atoms with Crippen LogP contribution in [0.25, 0.3) is 0 Å². The van der Waals surface area contributed by atoms with E-state index in [1.807, 2.05) is 7.05 Å². The molecule has 5 nitrogen and oxygen atoms in total. The highest BCUT2D eigenvalue weighted by atomic mass is 79.9. The van der Waals surface area contributed by atoms with E-state index in [-0.39, 0.29) is 11.7 Å². The number of hydrogen-bond acceptors (Lipinski definition) is 4. The number of carbonyl (C=O) groups excluding carboxylic acids is 1. The average molecular weight is 361 g/mol. The topological polar surface area (TPSA) is 57.7 Å². The molecule has 1 aliphatic heterocycles. The summed E-state index contributed by atoms with van der Waals surface area (Å²) in [6.45, 7) is 3.03. The monoisotopic (exact) mass is 360 g/mol. The molecular formula is C13H17BrN2O3S. The maximum Gasteiger partial charge on any atom is 0.254 e. The predicted octanol–water partition coefficient (Wildman–Crippen LogP) is 0.948. The van der Waals surface area contributed by atoms with Gasteiger partial charge in [0.05, 0.1) is 5.75 Å². The molecule has 0 radical (unpaired) electrons. The van der Waals surface area contributed by atoms with Crippen molar-refractivity contribution in [1.29, 1.82) is 0 Å². The van der Waals surface area contributed by atoms with E-state index in [0.29, 0.717) is 24.2 Å². The van der Waals surface area contributed by atoms with E-state index in [2.05, 4.69) is 20.8 Å². The third kappa shape index (κ3) is 3.80. The van der Waals surface area contributed by atoms with Gasteiger partial charge in [-0.25, -0.2) is 8.42 Å². The molecule has 0 saturated carbocycles. The zero-order valence-corrected chi connectivity index (χ0v) is 13.7. The first-order chi connectivity index (χ1) is 9.47. The van der Waals surface area contributed by atoms with E-state index >= 15 is 0 Å². The molecular weight excluding hydrogens is 344 g/mol. The lowest BCUT2D eigenvalue weighted by molar-refractivity contribution is 0.0663. The summed E-state index contributed by atoms with van der Waals surface area (Å²) in [5.41, 5.74) is 1.04. The Hall–Kier alpha value is -0.920. The van der Waals surface area contributed by atoms with Crippen molar-refractivity contribution in [1.82, 2.24) is 9.80 Å². The molecule has 1 aromatic rings. The first-order valence-corrected chi connectivity index (χ1v) is 8.51. The number of rotatable bonds is 3. The van der Waals surface area contributed by atoms with Crippen LogP contribution in [0.1, 0.15) is 15.9 Å². The van der Waals surface area contributed by atoms with Gasteiger partial charge in [-0.05, 0) is 30.8 Å². The SMILES string of the molecule is CN1CCN(C(=O)c2ccc(Br)cc2C[SH](=O)=O)CC1. The van der Waals surface area contributed by atoms with E-state index in [0.717, 1.165) is 17.6 Å². The van der Waals surface area contributed by atoms with Crippen LogP contribution in [0, 0.1) is 0 Å². The summed E-state index contributed by atoms with van der Waals surface area (Å²) in [6, 6.07) is 5.16. The number of benzene rings is 1. The molecule has 1 fully saturated rings. The Kier molecular flexibility index (Phi) is 5.17. The molecule has 1 saturated heterocycles. The van der Waals surface area contributed by atoms with Gasteiger partial charge in [-0.15, -0.1) is 0 Å². The zero-order chi connectivity index (χ0) is 14.7. The van der Waals surface area contributed by atoms with Crippen LogP contribution in [0.2, 0.25) is 0 Å². The van der Waals surface area contributed by atoms with E-state index in [9.17, 15) is 13.2 Å². The fourth-order valence-electron chi connectivity index (χ4n) is 2.22. The number of thiol groups is 1. The van der Waals surface area contributed by atoms with Crippen molar-refractivity contribution in [3.63, 3.8) is 0 Å². The second-order valence-corrected chi connectivity index (χ2v) is 6.79. The van der Waals surface area contributed by atoms with Crippen LogP contribution >= 0.6 is 15.9 Å². The molecule has 110 valence electrons. The molecule has 1 amide bonds. The minimum Gasteiger partial charge on any atom is -0.336 e. The normalized spacial score (nSPS) is 16.6. The first kappa shape index (κ1) is 15.5. The second-order valence-electron chi connectivity index (χ2n) is 4.89. The van der Waals surface area contributed by atoms with Crippen LogP contribution in [-0.2, 0) is 16.5 Å². The van der Waals surface area contributed by atoms with Crippen molar-refractivity contribution in [2.45, 2.75) is 5.75 Å². The van der Waals surface area contributed by atoms with Crippen molar-refractivity contribution in [3.05, 3.63) is 33.8 Å². The van der Waals surface area contributed by atoms with Gasteiger partial charge in [-0.3, -0.25) is 4.79 Å². The lowest BCUT2D eigenvalue weighted by Crippen LogP contribution is -2.47. The standard InChI is InChI=1S/C13H17BrN2O3S/c1-15-4-6-16(7-5-15)13(17)12-3-2-11(14)8-10(12)9-20(18)19/h2-3,8,20H,4-7,9H2,1H3. The number of piperazine rings is 1. The number of halogens is 1. The molecule has 7 heteroatoms. The largest absolute Gasteiger partial charge is 0.336 e. The van der Waals surface area contributed by atoms with Gasteiger partial charge in [0.2, 0.25) is 0 Å². The summed E-state index contributed by atoms with van der Waals surface area (Å²) in [4.78, 5) is 16.5. The highest BCUT2D eigenvalue weighted by molar-refractivity contribution is 9.10. The molecule has 0 aliphatic carbocycles. The maximum atomic E-state index is 12.5. The minimum atomic E-state index is -2.55. The Morgan fingerprint density at radius 1 is 1.25 bits per heavy atom. The molecule has 20 heavy (non-hydrogen) atoms. The quantitative estimate of drug-likeness (QED) is 0.815. The van der Waals surface area contributed by atoms with Gasteiger partial charge in [-0.2, -0.15) is 0 Å². The maximum absolute atomic E-state index is 12.5. The van der Waals surface area contributed by atoms with Crippen molar-refractivity contribution in [2.75, 3.05) is 33.2 Å². The van der Waals surface area contributed by atoms with Gasteiger partial charge < -0.3 is 9.80 Å². The molecule has 0 bridgehead atoms. The molecule has 1 heterocycles. The van der Waals surface area contributed by atoms with Gasteiger partial charge in [0.25, 0.3) is 5.91 Å². The summed E-state index contributed by atoms with van der Waals surface area (Å²) >= 11 is 3.31. The predicted molar refractivity (Wildman–Crippen MR) is 81.6 cm³/mol. The Balaban J connectivity index is 2.24. The number of hydrogen-bond donors (Lipinski definition) is 1. The Labute approximate surface area is 128 Å². The summed E-state index contributed by atoms with van der Waals surface area (Å²) in [5.74, 6) is -0.193. The molecule has 0 spiro atoms. The lowest BCUT2D eigenvalue weighted by atomic mass is 10.1. The molecule has 1 aromatic carbocycles. The highest BCUT2D eigenvalue weighted by Crippen LogP contribution is 2.20. The first-order valence-electron chi connectivity index (χ1n) is 6.35. The lowest BCUT2D eigenvalue weighted by Gasteiger charge is -2.32. The van der Waals surface area contributed by atoms with Crippen molar-refractivity contribution >= 4 is 32.5 Å². The average Bonchev–Trinajstić information content (AvgIpc) is 2.38. The van der Waals surface area contributed by atoms with Crippen molar-refractivity contribution in [2.24, 2.45) is 0 Å². The smallest absolute Gasteiger partial charge is 0.254 e. The van der Waals surface area contributed by atoms with Gasteiger partial charge in [0, 0.05) is 36.2 Å². The number of amides is 1. The van der Waals surface area contributed by atoms with Gasteiger partial charge >= 0.3 is 0 Å².